The number of hydrogen-bond acceptors (Lipinski definition) is 4. The molecule has 1 aliphatic heterocycles. The second-order valence-electron chi connectivity index (χ2n) is 8.36. The highest BCUT2D eigenvalue weighted by Gasteiger charge is 2.32. The monoisotopic (exact) mass is 459 g/mol. The van der Waals surface area contributed by atoms with Crippen LogP contribution in [0.3, 0.4) is 0 Å². The molecule has 0 spiro atoms. The van der Waals surface area contributed by atoms with Crippen LogP contribution in [0.25, 0.3) is 5.69 Å². The number of carbonyl (C=O) groups is 3. The third kappa shape index (κ3) is 5.01. The predicted molar refractivity (Wildman–Crippen MR) is 128 cm³/mol. The molecule has 1 aliphatic rings. The second kappa shape index (κ2) is 10.3. The van der Waals surface area contributed by atoms with Gasteiger partial charge in [-0.25, -0.2) is 9.78 Å². The van der Waals surface area contributed by atoms with Crippen LogP contribution >= 0.6 is 0 Å². The molecule has 0 unspecified atom stereocenters. The molecule has 0 aliphatic carbocycles. The lowest BCUT2D eigenvalue weighted by molar-refractivity contribution is -0.131. The van der Waals surface area contributed by atoms with E-state index in [0.29, 0.717) is 25.2 Å². The number of aromatic nitrogens is 2. The maximum atomic E-state index is 13.3. The number of benzene rings is 2. The summed E-state index contributed by atoms with van der Waals surface area (Å²) in [5.74, 6) is 0.456. The Bertz CT molecular complexity index is 1190. The van der Waals surface area contributed by atoms with E-state index in [9.17, 15) is 14.4 Å². The summed E-state index contributed by atoms with van der Waals surface area (Å²) in [5.41, 5.74) is 3.10. The minimum atomic E-state index is -0.337. The van der Waals surface area contributed by atoms with Gasteiger partial charge in [-0.1, -0.05) is 37.3 Å². The number of urea groups is 1. The molecule has 1 saturated heterocycles. The number of rotatable bonds is 8. The first-order chi connectivity index (χ1) is 16.5. The number of amides is 4. The van der Waals surface area contributed by atoms with Gasteiger partial charge in [0.2, 0.25) is 5.91 Å². The van der Waals surface area contributed by atoms with Gasteiger partial charge in [0, 0.05) is 30.8 Å². The summed E-state index contributed by atoms with van der Waals surface area (Å²) in [4.78, 5) is 45.6. The molecule has 8 heteroatoms. The average Bonchev–Trinajstić information content (AvgIpc) is 3.22. The van der Waals surface area contributed by atoms with Crippen LogP contribution in [0.1, 0.15) is 47.2 Å². The van der Waals surface area contributed by atoms with Gasteiger partial charge in [0.15, 0.2) is 0 Å². The maximum absolute atomic E-state index is 13.3. The summed E-state index contributed by atoms with van der Waals surface area (Å²) in [6.45, 7) is 5.34. The third-order valence-electron chi connectivity index (χ3n) is 5.84. The molecule has 0 saturated carbocycles. The number of nitrogens with one attached hydrogen (secondary N) is 1. The van der Waals surface area contributed by atoms with Gasteiger partial charge in [-0.15, -0.1) is 0 Å². The van der Waals surface area contributed by atoms with E-state index in [1.807, 2.05) is 54.8 Å². The molecule has 4 rings (SSSR count). The summed E-state index contributed by atoms with van der Waals surface area (Å²) < 4.78 is 2.02. The van der Waals surface area contributed by atoms with Gasteiger partial charge < -0.3 is 10.2 Å². The number of imidazole rings is 1. The molecule has 34 heavy (non-hydrogen) atoms. The van der Waals surface area contributed by atoms with Gasteiger partial charge in [0.05, 0.1) is 25.0 Å². The van der Waals surface area contributed by atoms with E-state index in [2.05, 4.69) is 10.3 Å². The first kappa shape index (κ1) is 23.2. The number of aryl methyl sites for hydroxylation is 1. The molecule has 0 bridgehead atoms. The van der Waals surface area contributed by atoms with Crippen LogP contribution in [-0.4, -0.2) is 50.3 Å². The van der Waals surface area contributed by atoms with Crippen LogP contribution in [0.15, 0.2) is 60.8 Å². The molecule has 1 N–H and O–H groups in total. The number of nitrogens with zero attached hydrogens (tertiary/aromatic N) is 4. The molecular formula is C26H29N5O3. The van der Waals surface area contributed by atoms with E-state index in [-0.39, 0.29) is 30.8 Å². The molecule has 2 aromatic carbocycles. The summed E-state index contributed by atoms with van der Waals surface area (Å²) in [5, 5.41) is 2.85. The Hall–Kier alpha value is -3.94. The Balaban J connectivity index is 1.51. The van der Waals surface area contributed by atoms with Crippen LogP contribution in [-0.2, 0) is 17.9 Å². The molecule has 3 aromatic rings. The maximum Gasteiger partial charge on any atom is 0.327 e. The van der Waals surface area contributed by atoms with E-state index in [4.69, 9.17) is 0 Å². The van der Waals surface area contributed by atoms with Crippen molar-refractivity contribution in [3.05, 3.63) is 83.4 Å². The zero-order chi connectivity index (χ0) is 24.1. The Morgan fingerprint density at radius 2 is 1.85 bits per heavy atom. The zero-order valence-electron chi connectivity index (χ0n) is 19.5. The van der Waals surface area contributed by atoms with Crippen molar-refractivity contribution in [2.75, 3.05) is 13.1 Å². The summed E-state index contributed by atoms with van der Waals surface area (Å²) in [7, 11) is 0. The van der Waals surface area contributed by atoms with Crippen LogP contribution in [0.2, 0.25) is 0 Å². The van der Waals surface area contributed by atoms with Crippen LogP contribution in [0.5, 0.6) is 0 Å². The summed E-state index contributed by atoms with van der Waals surface area (Å²) in [6, 6.07) is 16.6. The van der Waals surface area contributed by atoms with Crippen molar-refractivity contribution < 1.29 is 14.4 Å². The van der Waals surface area contributed by atoms with Gasteiger partial charge in [0.25, 0.3) is 5.91 Å². The average molecular weight is 460 g/mol. The Kier molecular flexibility index (Phi) is 7.06. The van der Waals surface area contributed by atoms with Gasteiger partial charge in [-0.2, -0.15) is 0 Å². The van der Waals surface area contributed by atoms with Crippen molar-refractivity contribution in [3.63, 3.8) is 0 Å². The molecule has 0 atom stereocenters. The fourth-order valence-electron chi connectivity index (χ4n) is 4.10. The topological polar surface area (TPSA) is 87.5 Å². The summed E-state index contributed by atoms with van der Waals surface area (Å²) >= 11 is 0. The van der Waals surface area contributed by atoms with E-state index in [1.54, 1.807) is 29.3 Å². The third-order valence-corrected chi connectivity index (χ3v) is 5.84. The highest BCUT2D eigenvalue weighted by Crippen LogP contribution is 2.21. The Morgan fingerprint density at radius 1 is 1.06 bits per heavy atom. The van der Waals surface area contributed by atoms with E-state index >= 15 is 0 Å². The normalized spacial score (nSPS) is 13.9. The Labute approximate surface area is 199 Å². The molecule has 4 amide bonds. The van der Waals surface area contributed by atoms with Crippen molar-refractivity contribution in [3.8, 4) is 5.69 Å². The van der Waals surface area contributed by atoms with E-state index < -0.39 is 0 Å². The van der Waals surface area contributed by atoms with Crippen LogP contribution < -0.4 is 5.32 Å². The lowest BCUT2D eigenvalue weighted by atomic mass is 10.1. The number of hydrogen-bond donors (Lipinski definition) is 1. The van der Waals surface area contributed by atoms with E-state index in [1.165, 1.54) is 4.90 Å². The standard InChI is InChI=1S/C26H29N5O3/c1-3-13-27-25(33)21-9-7-8-20(15-21)17-30-24(32)12-14-29(26(30)34)18-23-16-28-19(2)31(23)22-10-5-4-6-11-22/h4-11,15-16H,3,12-14,17-18H2,1-2H3,(H,27,33). The largest absolute Gasteiger partial charge is 0.352 e. The van der Waals surface area contributed by atoms with Crippen molar-refractivity contribution in [1.82, 2.24) is 24.7 Å². The number of carbonyl (C=O) groups excluding carboxylic acids is 3. The fourth-order valence-corrected chi connectivity index (χ4v) is 4.10. The molecule has 8 nitrogen and oxygen atoms in total. The minimum Gasteiger partial charge on any atom is -0.352 e. The highest BCUT2D eigenvalue weighted by atomic mass is 16.2. The second-order valence-corrected chi connectivity index (χ2v) is 8.36. The van der Waals surface area contributed by atoms with Crippen molar-refractivity contribution in [1.29, 1.82) is 0 Å². The van der Waals surface area contributed by atoms with Crippen molar-refractivity contribution in [2.45, 2.75) is 39.8 Å². The smallest absolute Gasteiger partial charge is 0.327 e. The molecule has 2 heterocycles. The molecule has 1 aromatic heterocycles. The first-order valence-electron chi connectivity index (χ1n) is 11.5. The van der Waals surface area contributed by atoms with Crippen LogP contribution in [0.4, 0.5) is 4.79 Å². The quantitative estimate of drug-likeness (QED) is 0.557. The molecule has 0 radical (unpaired) electrons. The summed E-state index contributed by atoms with van der Waals surface area (Å²) in [6.07, 6.45) is 2.87. The van der Waals surface area contributed by atoms with E-state index in [0.717, 1.165) is 29.2 Å². The highest BCUT2D eigenvalue weighted by molar-refractivity contribution is 5.97. The van der Waals surface area contributed by atoms with Gasteiger partial charge in [0.1, 0.15) is 5.82 Å². The lowest BCUT2D eigenvalue weighted by Gasteiger charge is -2.34. The van der Waals surface area contributed by atoms with Gasteiger partial charge in [-0.3, -0.25) is 19.1 Å². The Morgan fingerprint density at radius 3 is 2.62 bits per heavy atom. The van der Waals surface area contributed by atoms with Crippen molar-refractivity contribution in [2.24, 2.45) is 0 Å². The lowest BCUT2D eigenvalue weighted by Crippen LogP contribution is -2.51. The molecule has 1 fully saturated rings. The fraction of sp³-hybridized carbons (Fsp3) is 0.308. The van der Waals surface area contributed by atoms with Crippen molar-refractivity contribution >= 4 is 17.8 Å². The number of para-hydroxylation sites is 1. The zero-order valence-corrected chi connectivity index (χ0v) is 19.5. The minimum absolute atomic E-state index is 0.125. The van der Waals surface area contributed by atoms with Gasteiger partial charge in [-0.05, 0) is 43.2 Å². The van der Waals surface area contributed by atoms with Crippen LogP contribution in [0, 0.1) is 6.92 Å². The number of imide groups is 1. The predicted octanol–water partition coefficient (Wildman–Crippen LogP) is 3.68. The molecule has 176 valence electrons. The molecular weight excluding hydrogens is 430 g/mol. The SMILES string of the molecule is CCCNC(=O)c1cccc(CN2C(=O)CCN(Cc3cnc(C)n3-c3ccccc3)C2=O)c1. The van der Waals surface area contributed by atoms with Gasteiger partial charge >= 0.3 is 6.03 Å². The first-order valence-corrected chi connectivity index (χ1v) is 11.5.